The number of hydrogen-bond acceptors (Lipinski definition) is 4. The second-order valence-corrected chi connectivity index (χ2v) is 18.6. The largest absolute Gasteiger partial charge is 0.489 e. The van der Waals surface area contributed by atoms with E-state index in [9.17, 15) is 9.59 Å². The number of rotatable bonds is 31. The third-order valence-corrected chi connectivity index (χ3v) is 12.1. The predicted molar refractivity (Wildman–Crippen MR) is 275 cm³/mol. The van der Waals surface area contributed by atoms with Crippen molar-refractivity contribution in [1.82, 2.24) is 0 Å². The number of carbonyl (C=O) groups is 2. The van der Waals surface area contributed by atoms with Crippen LogP contribution in [0.1, 0.15) is 205 Å². The van der Waals surface area contributed by atoms with E-state index >= 15 is 0 Å². The molecule has 0 amide bonds. The normalized spacial score (nSPS) is 15.9. The Balaban J connectivity index is 2.31. The van der Waals surface area contributed by atoms with Crippen molar-refractivity contribution in [3.63, 3.8) is 0 Å². The number of hydrogen-bond donors (Lipinski definition) is 0. The van der Waals surface area contributed by atoms with Gasteiger partial charge in [-0.3, -0.25) is 9.59 Å². The van der Waals surface area contributed by atoms with E-state index in [0.717, 1.165) is 96.3 Å². The molecular formula is C59H90O4. The van der Waals surface area contributed by atoms with E-state index < -0.39 is 0 Å². The number of carbonyl (C=O) groups excluding carboxylic acids is 2. The van der Waals surface area contributed by atoms with Crippen molar-refractivity contribution in [1.29, 1.82) is 0 Å². The molecule has 0 radical (unpaired) electrons. The molecule has 0 heterocycles. The van der Waals surface area contributed by atoms with Crippen LogP contribution in [0.2, 0.25) is 0 Å². The minimum Gasteiger partial charge on any atom is -0.489 e. The topological polar surface area (TPSA) is 52.6 Å². The molecule has 0 bridgehead atoms. The highest BCUT2D eigenvalue weighted by atomic mass is 16.5. The van der Waals surface area contributed by atoms with Crippen LogP contribution < -0.4 is 0 Å². The van der Waals surface area contributed by atoms with Gasteiger partial charge in [0.25, 0.3) is 0 Å². The van der Waals surface area contributed by atoms with E-state index in [1.54, 1.807) is 6.92 Å². The molecule has 4 nitrogen and oxygen atoms in total. The summed E-state index contributed by atoms with van der Waals surface area (Å²) in [6.07, 6.45) is 44.3. The number of Topliss-reactive ketones (excluding diaryl/α,β-unsaturated/α-hetero) is 2. The van der Waals surface area contributed by atoms with Crippen LogP contribution in [0.3, 0.4) is 0 Å². The summed E-state index contributed by atoms with van der Waals surface area (Å²) in [6.45, 7) is 26.3. The molecule has 0 aromatic rings. The molecule has 350 valence electrons. The second kappa shape index (κ2) is 33.3. The summed E-state index contributed by atoms with van der Waals surface area (Å²) >= 11 is 0. The lowest BCUT2D eigenvalue weighted by molar-refractivity contribution is -0.121. The maximum Gasteiger partial charge on any atom is 0.228 e. The van der Waals surface area contributed by atoms with Crippen LogP contribution in [0.5, 0.6) is 0 Å². The lowest BCUT2D eigenvalue weighted by Gasteiger charge is -2.19. The van der Waals surface area contributed by atoms with Crippen LogP contribution in [0.25, 0.3) is 0 Å². The monoisotopic (exact) mass is 863 g/mol. The molecule has 0 aliphatic heterocycles. The van der Waals surface area contributed by atoms with Gasteiger partial charge in [0, 0.05) is 11.1 Å². The molecule has 0 N–H and O–H groups in total. The first-order valence-electron chi connectivity index (χ1n) is 24.1. The molecule has 0 aromatic carbocycles. The van der Waals surface area contributed by atoms with Gasteiger partial charge in [-0.15, -0.1) is 0 Å². The Bertz CT molecular complexity index is 1840. The Morgan fingerprint density at radius 2 is 0.571 bits per heavy atom. The van der Waals surface area contributed by atoms with E-state index in [0.29, 0.717) is 17.6 Å². The Morgan fingerprint density at radius 1 is 0.349 bits per heavy atom. The van der Waals surface area contributed by atoms with Gasteiger partial charge in [-0.1, -0.05) is 116 Å². The maximum absolute atomic E-state index is 12.9. The Kier molecular flexibility index (Phi) is 30.1. The molecule has 0 atom stereocenters. The molecule has 0 unspecified atom stereocenters. The van der Waals surface area contributed by atoms with Crippen molar-refractivity contribution in [3.05, 3.63) is 139 Å². The van der Waals surface area contributed by atoms with Gasteiger partial charge in [-0.05, 0) is 205 Å². The Labute approximate surface area is 387 Å². The quantitative estimate of drug-likeness (QED) is 0.0515. The highest BCUT2D eigenvalue weighted by Crippen LogP contribution is 2.28. The van der Waals surface area contributed by atoms with Crippen molar-refractivity contribution < 1.29 is 19.1 Å². The third-order valence-electron chi connectivity index (χ3n) is 12.1. The number of methoxy groups -OCH3 is 2. The summed E-state index contributed by atoms with van der Waals surface area (Å²) in [7, 11) is 2.78. The summed E-state index contributed by atoms with van der Waals surface area (Å²) in [5, 5.41) is 0. The lowest BCUT2D eigenvalue weighted by atomic mass is 9.90. The standard InChI is InChI=1S/C59H90O4/c1-44(2)24-15-25-45(3)26-16-27-46(4)28-17-29-47(5)30-18-31-48(6)32-19-33-49(7)34-20-35-50(8)36-21-37-51(9)38-22-39-52(10)40-23-41-53(11)42-43-55-54(12)56(60)58(62-13)59(63-14)57(55)61/h24,26,28,30,32,34,36,38,40,42H,15-23,25,27,29,31,33,35,37,39,41,43H2,1-14H3/b45-26+,46-28-,47-30-,48-32-,49-34-,50-36+,51-38-,52-40+,53-42+. The highest BCUT2D eigenvalue weighted by molar-refractivity contribution is 6.23. The summed E-state index contributed by atoms with van der Waals surface area (Å²) in [4.78, 5) is 25.5. The summed E-state index contributed by atoms with van der Waals surface area (Å²) < 4.78 is 10.3. The van der Waals surface area contributed by atoms with E-state index in [-0.39, 0.29) is 23.1 Å². The number of ketones is 2. The third kappa shape index (κ3) is 26.3. The van der Waals surface area contributed by atoms with Gasteiger partial charge < -0.3 is 9.47 Å². The van der Waals surface area contributed by atoms with Crippen LogP contribution in [-0.4, -0.2) is 25.8 Å². The molecule has 1 rings (SSSR count). The molecule has 0 fully saturated rings. The van der Waals surface area contributed by atoms with Crippen molar-refractivity contribution in [2.24, 2.45) is 0 Å². The lowest BCUT2D eigenvalue weighted by Crippen LogP contribution is -2.24. The van der Waals surface area contributed by atoms with Gasteiger partial charge in [-0.25, -0.2) is 0 Å². The van der Waals surface area contributed by atoms with Crippen LogP contribution in [-0.2, 0) is 19.1 Å². The van der Waals surface area contributed by atoms with Crippen LogP contribution in [0.15, 0.2) is 139 Å². The molecule has 0 spiro atoms. The van der Waals surface area contributed by atoms with Crippen LogP contribution in [0.4, 0.5) is 0 Å². The molecule has 4 heteroatoms. The molecule has 1 aliphatic rings. The van der Waals surface area contributed by atoms with Crippen molar-refractivity contribution in [3.8, 4) is 0 Å². The maximum atomic E-state index is 12.9. The Hall–Kier alpha value is -4.18. The first-order chi connectivity index (χ1) is 30.0. The molecule has 1 aliphatic carbocycles. The fourth-order valence-corrected chi connectivity index (χ4v) is 7.59. The molecule has 0 saturated carbocycles. The summed E-state index contributed by atoms with van der Waals surface area (Å²) in [5.74, 6) is -0.572. The smallest absolute Gasteiger partial charge is 0.228 e. The van der Waals surface area contributed by atoms with Gasteiger partial charge in [-0.2, -0.15) is 0 Å². The van der Waals surface area contributed by atoms with Crippen LogP contribution in [0, 0.1) is 0 Å². The molecule has 0 saturated heterocycles. The SMILES string of the molecule is COC1=C(OC)C(=O)C(C/C=C(\C)CC/C=C(\C)CC/C=C(/C)CC/C=C(\C)CC/C=C(/C)CC/C=C(/C)CC/C=C(/C)CC/C=C(/C)CC/C=C(\C)CCC=C(C)C)=C(C)C1=O. The zero-order valence-corrected chi connectivity index (χ0v) is 42.8. The summed E-state index contributed by atoms with van der Waals surface area (Å²) in [5.41, 5.74) is 15.5. The molecule has 0 aromatic heterocycles. The first kappa shape index (κ1) is 56.8. The van der Waals surface area contributed by atoms with E-state index in [1.807, 2.05) is 0 Å². The van der Waals surface area contributed by atoms with Gasteiger partial charge in [0.1, 0.15) is 0 Å². The van der Waals surface area contributed by atoms with Gasteiger partial charge >= 0.3 is 0 Å². The van der Waals surface area contributed by atoms with Gasteiger partial charge in [0.05, 0.1) is 14.2 Å². The minimum atomic E-state index is -0.284. The van der Waals surface area contributed by atoms with E-state index in [4.69, 9.17) is 9.47 Å². The highest BCUT2D eigenvalue weighted by Gasteiger charge is 2.34. The Morgan fingerprint density at radius 3 is 0.810 bits per heavy atom. The van der Waals surface area contributed by atoms with E-state index in [2.05, 4.69) is 137 Å². The average molecular weight is 863 g/mol. The van der Waals surface area contributed by atoms with Crippen molar-refractivity contribution in [2.75, 3.05) is 14.2 Å². The van der Waals surface area contributed by atoms with Gasteiger partial charge in [0.15, 0.2) is 0 Å². The van der Waals surface area contributed by atoms with Gasteiger partial charge in [0.2, 0.25) is 23.1 Å². The predicted octanol–water partition coefficient (Wildman–Crippen LogP) is 17.9. The first-order valence-corrected chi connectivity index (χ1v) is 24.1. The fraction of sp³-hybridized carbons (Fsp3) is 0.559. The number of allylic oxidation sites excluding steroid dienone is 22. The zero-order chi connectivity index (χ0) is 47.2. The zero-order valence-electron chi connectivity index (χ0n) is 42.8. The molecular weight excluding hydrogens is 773 g/mol. The average Bonchev–Trinajstić information content (AvgIpc) is 3.21. The molecule has 63 heavy (non-hydrogen) atoms. The fourth-order valence-electron chi connectivity index (χ4n) is 7.59. The van der Waals surface area contributed by atoms with Crippen molar-refractivity contribution in [2.45, 2.75) is 205 Å². The second-order valence-electron chi connectivity index (χ2n) is 18.6. The van der Waals surface area contributed by atoms with Crippen LogP contribution >= 0.6 is 0 Å². The van der Waals surface area contributed by atoms with E-state index in [1.165, 1.54) is 89.2 Å². The summed E-state index contributed by atoms with van der Waals surface area (Å²) in [6, 6.07) is 0. The van der Waals surface area contributed by atoms with Crippen molar-refractivity contribution >= 4 is 11.6 Å². The number of ether oxygens (including phenoxy) is 2. The minimum absolute atomic E-state index is 0.00667.